The second-order valence-corrected chi connectivity index (χ2v) is 6.81. The minimum absolute atomic E-state index is 0.103. The van der Waals surface area contributed by atoms with Crippen LogP contribution in [0, 0.1) is 12.8 Å². The fourth-order valence-corrected chi connectivity index (χ4v) is 3.06. The molecule has 2 aromatic rings. The molecular formula is C21H21NO4. The number of imide groups is 1. The summed E-state index contributed by atoms with van der Waals surface area (Å²) in [5.74, 6) is -1.73. The van der Waals surface area contributed by atoms with E-state index in [4.69, 9.17) is 4.74 Å². The first kappa shape index (κ1) is 17.9. The van der Waals surface area contributed by atoms with E-state index in [0.717, 1.165) is 16.0 Å². The smallest absolute Gasteiger partial charge is 0.329 e. The van der Waals surface area contributed by atoms with Gasteiger partial charge in [-0.2, -0.15) is 0 Å². The molecule has 0 saturated heterocycles. The van der Waals surface area contributed by atoms with Crippen LogP contribution in [0.3, 0.4) is 0 Å². The standard InChI is InChI=1S/C21H21NO4/c1-13(2)18(21(25)26-12-15-10-8-14(3)9-11-15)22-19(23)16-6-4-5-7-17(16)20(22)24/h4-11,13,18H,12H2,1-3H3/t18-/m1/s1. The lowest BCUT2D eigenvalue weighted by atomic mass is 10.0. The Morgan fingerprint density at radius 2 is 1.50 bits per heavy atom. The minimum Gasteiger partial charge on any atom is -0.459 e. The molecule has 0 bridgehead atoms. The van der Waals surface area contributed by atoms with E-state index >= 15 is 0 Å². The van der Waals surface area contributed by atoms with Gasteiger partial charge in [0.2, 0.25) is 0 Å². The lowest BCUT2D eigenvalue weighted by molar-refractivity contribution is -0.151. The topological polar surface area (TPSA) is 63.7 Å². The first-order chi connectivity index (χ1) is 12.4. The number of esters is 1. The SMILES string of the molecule is Cc1ccc(COC(=O)[C@@H](C(C)C)N2C(=O)c3ccccc3C2=O)cc1. The van der Waals surface area contributed by atoms with Crippen LogP contribution < -0.4 is 0 Å². The first-order valence-corrected chi connectivity index (χ1v) is 8.59. The molecule has 26 heavy (non-hydrogen) atoms. The summed E-state index contributed by atoms with van der Waals surface area (Å²) in [6.07, 6.45) is 0. The van der Waals surface area contributed by atoms with Crippen LogP contribution in [0.2, 0.25) is 0 Å². The van der Waals surface area contributed by atoms with Gasteiger partial charge in [0.05, 0.1) is 11.1 Å². The Kier molecular flexibility index (Phi) is 4.89. The number of aryl methyl sites for hydroxylation is 1. The van der Waals surface area contributed by atoms with Gasteiger partial charge in [-0.25, -0.2) is 4.79 Å². The highest BCUT2D eigenvalue weighted by Gasteiger charge is 2.44. The average Bonchev–Trinajstić information content (AvgIpc) is 2.87. The van der Waals surface area contributed by atoms with Gasteiger partial charge in [0.15, 0.2) is 0 Å². The van der Waals surface area contributed by atoms with Crippen molar-refractivity contribution < 1.29 is 19.1 Å². The molecule has 1 heterocycles. The Morgan fingerprint density at radius 3 is 2.00 bits per heavy atom. The average molecular weight is 351 g/mol. The number of fused-ring (bicyclic) bond motifs is 1. The molecule has 1 aliphatic rings. The number of amides is 2. The quantitative estimate of drug-likeness (QED) is 0.612. The summed E-state index contributed by atoms with van der Waals surface area (Å²) < 4.78 is 5.41. The summed E-state index contributed by atoms with van der Waals surface area (Å²) in [5, 5.41) is 0. The zero-order valence-electron chi connectivity index (χ0n) is 15.1. The van der Waals surface area contributed by atoms with Gasteiger partial charge >= 0.3 is 5.97 Å². The molecular weight excluding hydrogens is 330 g/mol. The van der Waals surface area contributed by atoms with Crippen LogP contribution in [-0.2, 0) is 16.1 Å². The van der Waals surface area contributed by atoms with Crippen molar-refractivity contribution in [3.05, 3.63) is 70.8 Å². The lowest BCUT2D eigenvalue weighted by Gasteiger charge is -2.27. The number of nitrogens with zero attached hydrogens (tertiary/aromatic N) is 1. The molecule has 0 fully saturated rings. The molecule has 1 atom stereocenters. The number of hydrogen-bond acceptors (Lipinski definition) is 4. The maximum Gasteiger partial charge on any atom is 0.329 e. The normalized spacial score (nSPS) is 14.5. The first-order valence-electron chi connectivity index (χ1n) is 8.59. The molecule has 2 amide bonds. The van der Waals surface area contributed by atoms with Crippen LogP contribution in [0.15, 0.2) is 48.5 Å². The molecule has 0 aliphatic carbocycles. The van der Waals surface area contributed by atoms with Gasteiger partial charge < -0.3 is 4.74 Å². The van der Waals surface area contributed by atoms with Gasteiger partial charge in [-0.15, -0.1) is 0 Å². The lowest BCUT2D eigenvalue weighted by Crippen LogP contribution is -2.48. The van der Waals surface area contributed by atoms with Gasteiger partial charge in [-0.3, -0.25) is 14.5 Å². The predicted octanol–water partition coefficient (Wildman–Crippen LogP) is 3.36. The van der Waals surface area contributed by atoms with E-state index in [-0.39, 0.29) is 12.5 Å². The molecule has 5 nitrogen and oxygen atoms in total. The highest BCUT2D eigenvalue weighted by atomic mass is 16.5. The van der Waals surface area contributed by atoms with E-state index in [2.05, 4.69) is 0 Å². The van der Waals surface area contributed by atoms with E-state index < -0.39 is 23.8 Å². The van der Waals surface area contributed by atoms with Crippen LogP contribution >= 0.6 is 0 Å². The highest BCUT2D eigenvalue weighted by molar-refractivity contribution is 6.22. The summed E-state index contributed by atoms with van der Waals surface area (Å²) in [6.45, 7) is 5.67. The molecule has 0 N–H and O–H groups in total. The van der Waals surface area contributed by atoms with Crippen LogP contribution in [0.1, 0.15) is 45.7 Å². The van der Waals surface area contributed by atoms with Crippen molar-refractivity contribution in [1.82, 2.24) is 4.90 Å². The number of rotatable bonds is 5. The Labute approximate surface area is 152 Å². The largest absolute Gasteiger partial charge is 0.459 e. The number of carbonyl (C=O) groups is 3. The number of benzene rings is 2. The Morgan fingerprint density at radius 1 is 0.962 bits per heavy atom. The monoisotopic (exact) mass is 351 g/mol. The highest BCUT2D eigenvalue weighted by Crippen LogP contribution is 2.27. The van der Waals surface area contributed by atoms with Crippen molar-refractivity contribution in [2.45, 2.75) is 33.4 Å². The van der Waals surface area contributed by atoms with Crippen LogP contribution in [0.4, 0.5) is 0 Å². The Balaban J connectivity index is 1.79. The summed E-state index contributed by atoms with van der Waals surface area (Å²) in [7, 11) is 0. The van der Waals surface area contributed by atoms with E-state index in [0.29, 0.717) is 11.1 Å². The Hall–Kier alpha value is -2.95. The maximum atomic E-state index is 12.7. The van der Waals surface area contributed by atoms with Crippen molar-refractivity contribution >= 4 is 17.8 Å². The molecule has 0 unspecified atom stereocenters. The molecule has 0 spiro atoms. The zero-order chi connectivity index (χ0) is 18.8. The predicted molar refractivity (Wildman–Crippen MR) is 96.5 cm³/mol. The second-order valence-electron chi connectivity index (χ2n) is 6.81. The van der Waals surface area contributed by atoms with E-state index in [9.17, 15) is 14.4 Å². The molecule has 134 valence electrons. The van der Waals surface area contributed by atoms with Crippen LogP contribution in [0.5, 0.6) is 0 Å². The molecule has 3 rings (SSSR count). The third-order valence-electron chi connectivity index (χ3n) is 4.48. The maximum absolute atomic E-state index is 12.7. The third-order valence-corrected chi connectivity index (χ3v) is 4.48. The van der Waals surface area contributed by atoms with Crippen molar-refractivity contribution in [2.75, 3.05) is 0 Å². The molecule has 0 radical (unpaired) electrons. The van der Waals surface area contributed by atoms with Crippen molar-refractivity contribution in [1.29, 1.82) is 0 Å². The summed E-state index contributed by atoms with van der Waals surface area (Å²) in [5.41, 5.74) is 2.63. The fraction of sp³-hybridized carbons (Fsp3) is 0.286. The summed E-state index contributed by atoms with van der Waals surface area (Å²) in [6, 6.07) is 13.3. The Bertz CT molecular complexity index is 820. The van der Waals surface area contributed by atoms with E-state index in [1.54, 1.807) is 38.1 Å². The minimum atomic E-state index is -0.951. The van der Waals surface area contributed by atoms with Gasteiger partial charge in [0.1, 0.15) is 12.6 Å². The molecule has 0 saturated carbocycles. The summed E-state index contributed by atoms with van der Waals surface area (Å²) in [4.78, 5) is 39.1. The third kappa shape index (κ3) is 3.25. The van der Waals surface area contributed by atoms with Crippen LogP contribution in [0.25, 0.3) is 0 Å². The molecule has 1 aliphatic heterocycles. The fourth-order valence-electron chi connectivity index (χ4n) is 3.06. The second kappa shape index (κ2) is 7.12. The number of hydrogen-bond donors (Lipinski definition) is 0. The molecule has 0 aromatic heterocycles. The van der Waals surface area contributed by atoms with E-state index in [1.807, 2.05) is 31.2 Å². The van der Waals surface area contributed by atoms with Gasteiger partial charge in [0.25, 0.3) is 11.8 Å². The van der Waals surface area contributed by atoms with Crippen molar-refractivity contribution in [3.63, 3.8) is 0 Å². The zero-order valence-corrected chi connectivity index (χ0v) is 15.1. The van der Waals surface area contributed by atoms with Crippen molar-refractivity contribution in [2.24, 2.45) is 5.92 Å². The number of ether oxygens (including phenoxy) is 1. The van der Waals surface area contributed by atoms with Crippen molar-refractivity contribution in [3.8, 4) is 0 Å². The number of carbonyl (C=O) groups excluding carboxylic acids is 3. The van der Waals surface area contributed by atoms with Crippen LogP contribution in [-0.4, -0.2) is 28.7 Å². The molecule has 5 heteroatoms. The van der Waals surface area contributed by atoms with Gasteiger partial charge in [0, 0.05) is 0 Å². The van der Waals surface area contributed by atoms with Gasteiger partial charge in [-0.05, 0) is 30.5 Å². The van der Waals surface area contributed by atoms with Gasteiger partial charge in [-0.1, -0.05) is 55.8 Å². The molecule has 2 aromatic carbocycles. The van der Waals surface area contributed by atoms with E-state index in [1.165, 1.54) is 0 Å². The summed E-state index contributed by atoms with van der Waals surface area (Å²) >= 11 is 0.